The molecular formula is C28H36O2. The van der Waals surface area contributed by atoms with Gasteiger partial charge < -0.3 is 0 Å². The minimum atomic E-state index is -0.304. The Hall–Kier alpha value is -2.48. The van der Waals surface area contributed by atoms with Gasteiger partial charge in [0.15, 0.2) is 11.6 Å². The summed E-state index contributed by atoms with van der Waals surface area (Å²) in [4.78, 5) is 26.5. The van der Waals surface area contributed by atoms with E-state index in [0.29, 0.717) is 6.42 Å². The molecule has 0 aromatic heterocycles. The number of hydrogen-bond donors (Lipinski definition) is 0. The number of carbonyl (C=O) groups excluding carboxylic acids is 2. The normalized spacial score (nSPS) is 13.0. The highest BCUT2D eigenvalue weighted by atomic mass is 16.1. The van der Waals surface area contributed by atoms with Gasteiger partial charge in [0.2, 0.25) is 0 Å². The van der Waals surface area contributed by atoms with Crippen molar-refractivity contribution in [2.24, 2.45) is 17.8 Å². The average Bonchev–Trinajstić information content (AvgIpc) is 2.75. The Balaban J connectivity index is 2.32. The third-order valence-corrected chi connectivity index (χ3v) is 5.89. The molecule has 0 N–H and O–H groups in total. The topological polar surface area (TPSA) is 34.1 Å². The summed E-state index contributed by atoms with van der Waals surface area (Å²) in [7, 11) is 0. The van der Waals surface area contributed by atoms with Crippen molar-refractivity contribution in [1.29, 1.82) is 0 Å². The Bertz CT molecular complexity index is 866. The van der Waals surface area contributed by atoms with Crippen LogP contribution in [0.1, 0.15) is 79.8 Å². The van der Waals surface area contributed by atoms with E-state index in [1.165, 1.54) is 11.1 Å². The fraction of sp³-hybridized carbons (Fsp3) is 0.429. The molecule has 2 aromatic rings. The summed E-state index contributed by atoms with van der Waals surface area (Å²) in [5.74, 6) is 0.0746. The molecule has 0 aliphatic carbocycles. The molecule has 0 amide bonds. The van der Waals surface area contributed by atoms with Crippen LogP contribution in [0.5, 0.6) is 0 Å². The van der Waals surface area contributed by atoms with Crippen LogP contribution in [0.15, 0.2) is 60.2 Å². The van der Waals surface area contributed by atoms with Gasteiger partial charge in [-0.3, -0.25) is 9.59 Å². The van der Waals surface area contributed by atoms with Crippen molar-refractivity contribution < 1.29 is 9.59 Å². The zero-order valence-corrected chi connectivity index (χ0v) is 19.4. The molecule has 0 unspecified atom stereocenters. The van der Waals surface area contributed by atoms with Crippen LogP contribution in [0.4, 0.5) is 0 Å². The van der Waals surface area contributed by atoms with Crippen molar-refractivity contribution in [2.75, 3.05) is 0 Å². The Kier molecular flexibility index (Phi) is 8.77. The van der Waals surface area contributed by atoms with E-state index >= 15 is 0 Å². The summed E-state index contributed by atoms with van der Waals surface area (Å²) in [6.45, 7) is 12.5. The van der Waals surface area contributed by atoms with E-state index in [2.05, 4.69) is 27.7 Å². The van der Waals surface area contributed by atoms with E-state index in [4.69, 9.17) is 0 Å². The molecule has 0 heterocycles. The van der Waals surface area contributed by atoms with Crippen LogP contribution in [0.25, 0.3) is 0 Å². The second kappa shape index (κ2) is 11.1. The predicted molar refractivity (Wildman–Crippen MR) is 126 cm³/mol. The van der Waals surface area contributed by atoms with Gasteiger partial charge in [0.25, 0.3) is 0 Å². The second-order valence-corrected chi connectivity index (χ2v) is 8.77. The van der Waals surface area contributed by atoms with Crippen LogP contribution in [-0.4, -0.2) is 11.6 Å². The van der Waals surface area contributed by atoms with Crippen molar-refractivity contribution in [3.05, 3.63) is 82.4 Å². The molecule has 2 rings (SSSR count). The summed E-state index contributed by atoms with van der Waals surface area (Å²) >= 11 is 0. The van der Waals surface area contributed by atoms with E-state index in [-0.39, 0.29) is 29.3 Å². The molecule has 0 saturated carbocycles. The fourth-order valence-corrected chi connectivity index (χ4v) is 3.89. The van der Waals surface area contributed by atoms with Crippen molar-refractivity contribution in [3.8, 4) is 0 Å². The van der Waals surface area contributed by atoms with Gasteiger partial charge in [-0.1, -0.05) is 87.9 Å². The monoisotopic (exact) mass is 404 g/mol. The quantitative estimate of drug-likeness (QED) is 0.312. The SMILES string of the molecule is CCc1ccc(C(=O)C[C@H](C(C)C)[C@@H](C=C(C)C)C(=O)c2ccc(CC)cc2)cc1. The molecule has 0 bridgehead atoms. The maximum atomic E-state index is 13.5. The van der Waals surface area contributed by atoms with Gasteiger partial charge in [0.1, 0.15) is 0 Å². The number of Topliss-reactive ketones (excluding diaryl/α,β-unsaturated/α-hetero) is 2. The van der Waals surface area contributed by atoms with E-state index < -0.39 is 0 Å². The van der Waals surface area contributed by atoms with Crippen molar-refractivity contribution in [1.82, 2.24) is 0 Å². The van der Waals surface area contributed by atoms with Crippen molar-refractivity contribution in [2.45, 2.75) is 60.8 Å². The van der Waals surface area contributed by atoms with Crippen molar-refractivity contribution in [3.63, 3.8) is 0 Å². The lowest BCUT2D eigenvalue weighted by atomic mass is 9.75. The van der Waals surface area contributed by atoms with Crippen LogP contribution in [0.2, 0.25) is 0 Å². The van der Waals surface area contributed by atoms with E-state index in [9.17, 15) is 9.59 Å². The molecule has 0 aliphatic heterocycles. The molecule has 0 radical (unpaired) electrons. The molecule has 30 heavy (non-hydrogen) atoms. The lowest BCUT2D eigenvalue weighted by Crippen LogP contribution is -2.29. The average molecular weight is 405 g/mol. The molecule has 0 aliphatic rings. The van der Waals surface area contributed by atoms with Crippen LogP contribution < -0.4 is 0 Å². The second-order valence-electron chi connectivity index (χ2n) is 8.77. The van der Waals surface area contributed by atoms with Crippen LogP contribution >= 0.6 is 0 Å². The number of ketones is 2. The molecule has 0 saturated heterocycles. The maximum absolute atomic E-state index is 13.5. The van der Waals surface area contributed by atoms with Gasteiger partial charge in [0.05, 0.1) is 0 Å². The van der Waals surface area contributed by atoms with E-state index in [0.717, 1.165) is 29.5 Å². The number of carbonyl (C=O) groups is 2. The van der Waals surface area contributed by atoms with Crippen molar-refractivity contribution >= 4 is 11.6 Å². The zero-order valence-electron chi connectivity index (χ0n) is 19.4. The molecule has 160 valence electrons. The highest BCUT2D eigenvalue weighted by Crippen LogP contribution is 2.31. The number of hydrogen-bond acceptors (Lipinski definition) is 2. The summed E-state index contributed by atoms with van der Waals surface area (Å²) in [5, 5.41) is 0. The Labute approximate surface area is 182 Å². The first kappa shape index (κ1) is 23.8. The maximum Gasteiger partial charge on any atom is 0.170 e. The Morgan fingerprint density at radius 2 is 1.27 bits per heavy atom. The number of benzene rings is 2. The van der Waals surface area contributed by atoms with Gasteiger partial charge in [-0.25, -0.2) is 0 Å². The number of aryl methyl sites for hydroxylation is 2. The van der Waals surface area contributed by atoms with E-state index in [1.54, 1.807) is 0 Å². The largest absolute Gasteiger partial charge is 0.294 e. The lowest BCUT2D eigenvalue weighted by Gasteiger charge is -2.27. The first-order valence-electron chi connectivity index (χ1n) is 11.2. The minimum absolute atomic E-state index is 0.0448. The summed E-state index contributed by atoms with van der Waals surface area (Å²) < 4.78 is 0. The van der Waals surface area contributed by atoms with Gasteiger partial charge in [-0.2, -0.15) is 0 Å². The first-order valence-corrected chi connectivity index (χ1v) is 11.2. The fourth-order valence-electron chi connectivity index (χ4n) is 3.89. The molecule has 2 aromatic carbocycles. The third kappa shape index (κ3) is 6.26. The summed E-state index contributed by atoms with van der Waals surface area (Å²) in [6.07, 6.45) is 4.33. The first-order chi connectivity index (χ1) is 14.3. The molecule has 0 fully saturated rings. The smallest absolute Gasteiger partial charge is 0.170 e. The molecule has 0 spiro atoms. The highest BCUT2D eigenvalue weighted by Gasteiger charge is 2.31. The minimum Gasteiger partial charge on any atom is -0.294 e. The number of rotatable bonds is 10. The van der Waals surface area contributed by atoms with E-state index in [1.807, 2.05) is 68.5 Å². The summed E-state index contributed by atoms with van der Waals surface area (Å²) in [5.41, 5.74) is 4.99. The molecule has 2 nitrogen and oxygen atoms in total. The zero-order chi connectivity index (χ0) is 22.3. The van der Waals surface area contributed by atoms with Crippen LogP contribution in [-0.2, 0) is 12.8 Å². The molecule has 2 heteroatoms. The van der Waals surface area contributed by atoms with Gasteiger partial charge in [-0.15, -0.1) is 0 Å². The van der Waals surface area contributed by atoms with Gasteiger partial charge in [0, 0.05) is 23.5 Å². The standard InChI is InChI=1S/C28H36O2/c1-7-21-9-13-23(14-10-21)27(29)18-25(20(5)6)26(17-19(3)4)28(30)24-15-11-22(8-2)12-16-24/h9-17,20,25-26H,7-8,18H2,1-6H3/t25-,26-/m1/s1. The lowest BCUT2D eigenvalue weighted by molar-refractivity contribution is 0.0839. The highest BCUT2D eigenvalue weighted by molar-refractivity contribution is 6.00. The Morgan fingerprint density at radius 3 is 1.67 bits per heavy atom. The molecular weight excluding hydrogens is 368 g/mol. The third-order valence-electron chi connectivity index (χ3n) is 5.89. The Morgan fingerprint density at radius 1 is 0.800 bits per heavy atom. The van der Waals surface area contributed by atoms with Gasteiger partial charge in [-0.05, 0) is 49.7 Å². The summed E-state index contributed by atoms with van der Waals surface area (Å²) in [6, 6.07) is 15.8. The number of allylic oxidation sites excluding steroid dienone is 2. The predicted octanol–water partition coefficient (Wildman–Crippen LogP) is 7.12. The molecule has 2 atom stereocenters. The van der Waals surface area contributed by atoms with Gasteiger partial charge >= 0.3 is 0 Å². The van der Waals surface area contributed by atoms with Crippen LogP contribution in [0.3, 0.4) is 0 Å². The van der Waals surface area contributed by atoms with Crippen LogP contribution in [0, 0.1) is 17.8 Å².